The fraction of sp³-hybridized carbons (Fsp3) is 0.500. The summed E-state index contributed by atoms with van der Waals surface area (Å²) in [5.74, 6) is 0.197. The highest BCUT2D eigenvalue weighted by Gasteiger charge is 2.27. The van der Waals surface area contributed by atoms with Crippen molar-refractivity contribution < 1.29 is 4.79 Å². The Balaban J connectivity index is 2.17. The number of nitrogens with two attached hydrogens (primary N) is 1. The average molecular weight is 235 g/mol. The van der Waals surface area contributed by atoms with E-state index in [2.05, 4.69) is 11.9 Å². The molecule has 5 nitrogen and oxygen atoms in total. The molecule has 1 aliphatic rings. The largest absolute Gasteiger partial charge is 0.367 e. The molecule has 2 heterocycles. The molecule has 1 aromatic rings. The van der Waals surface area contributed by atoms with E-state index in [4.69, 9.17) is 5.73 Å². The topological polar surface area (TPSA) is 79.2 Å². The van der Waals surface area contributed by atoms with Crippen molar-refractivity contribution in [1.82, 2.24) is 9.88 Å². The summed E-state index contributed by atoms with van der Waals surface area (Å²) in [5, 5.41) is 0. The number of rotatable bonds is 1. The summed E-state index contributed by atoms with van der Waals surface area (Å²) in [5.41, 5.74) is 5.88. The third kappa shape index (κ3) is 2.39. The average Bonchev–Trinajstić information content (AvgIpc) is 2.32. The lowest BCUT2D eigenvalue weighted by Crippen LogP contribution is -2.50. The molecule has 0 aromatic carbocycles. The fourth-order valence-corrected chi connectivity index (χ4v) is 2.04. The minimum Gasteiger partial charge on any atom is -0.367 e. The smallest absolute Gasteiger partial charge is 0.259 e. The number of carbonyl (C=O) groups is 1. The molecule has 2 rings (SSSR count). The van der Waals surface area contributed by atoms with Gasteiger partial charge in [0.2, 0.25) is 0 Å². The Kier molecular flexibility index (Phi) is 3.28. The molecule has 2 atom stereocenters. The van der Waals surface area contributed by atoms with Crippen molar-refractivity contribution in [2.24, 2.45) is 11.7 Å². The van der Waals surface area contributed by atoms with E-state index in [1.54, 1.807) is 4.90 Å². The Hall–Kier alpha value is -1.62. The summed E-state index contributed by atoms with van der Waals surface area (Å²) in [6, 6.07) is 1.36. The molecule has 0 bridgehead atoms. The van der Waals surface area contributed by atoms with E-state index < -0.39 is 0 Å². The van der Waals surface area contributed by atoms with Crippen LogP contribution in [0, 0.1) is 5.92 Å². The first kappa shape index (κ1) is 11.9. The number of nitrogens with zero attached hydrogens (tertiary/aromatic N) is 1. The molecule has 1 aromatic heterocycles. The SMILES string of the molecule is CC1CCN(C(=O)c2c[nH]ccc2=O)CC1N. The highest BCUT2D eigenvalue weighted by atomic mass is 16.2. The van der Waals surface area contributed by atoms with Gasteiger partial charge in [-0.3, -0.25) is 9.59 Å². The number of aromatic nitrogens is 1. The third-order valence-electron chi connectivity index (χ3n) is 3.36. The van der Waals surface area contributed by atoms with Gasteiger partial charge in [-0.05, 0) is 12.3 Å². The van der Waals surface area contributed by atoms with Crippen LogP contribution in [0.15, 0.2) is 23.3 Å². The molecular formula is C12H17N3O2. The van der Waals surface area contributed by atoms with E-state index in [1.807, 2.05) is 0 Å². The van der Waals surface area contributed by atoms with Crippen molar-refractivity contribution in [3.8, 4) is 0 Å². The van der Waals surface area contributed by atoms with Gasteiger partial charge in [-0.25, -0.2) is 0 Å². The van der Waals surface area contributed by atoms with Gasteiger partial charge in [0, 0.05) is 37.6 Å². The lowest BCUT2D eigenvalue weighted by molar-refractivity contribution is 0.0670. The van der Waals surface area contributed by atoms with Crippen LogP contribution in [-0.4, -0.2) is 34.9 Å². The summed E-state index contributed by atoms with van der Waals surface area (Å²) < 4.78 is 0. The predicted octanol–water partition coefficient (Wildman–Crippen LogP) is 0.184. The van der Waals surface area contributed by atoms with Crippen LogP contribution >= 0.6 is 0 Å². The summed E-state index contributed by atoms with van der Waals surface area (Å²) in [6.07, 6.45) is 3.86. The van der Waals surface area contributed by atoms with E-state index in [1.165, 1.54) is 18.5 Å². The van der Waals surface area contributed by atoms with Crippen LogP contribution in [0.4, 0.5) is 0 Å². The van der Waals surface area contributed by atoms with Crippen molar-refractivity contribution >= 4 is 5.91 Å². The monoisotopic (exact) mass is 235 g/mol. The van der Waals surface area contributed by atoms with Gasteiger partial charge in [-0.1, -0.05) is 6.92 Å². The second-order valence-corrected chi connectivity index (χ2v) is 4.60. The van der Waals surface area contributed by atoms with Gasteiger partial charge in [0.25, 0.3) is 5.91 Å². The number of nitrogens with one attached hydrogen (secondary N) is 1. The maximum absolute atomic E-state index is 12.1. The Labute approximate surface area is 99.6 Å². The van der Waals surface area contributed by atoms with Crippen molar-refractivity contribution in [2.45, 2.75) is 19.4 Å². The third-order valence-corrected chi connectivity index (χ3v) is 3.36. The maximum Gasteiger partial charge on any atom is 0.259 e. The van der Waals surface area contributed by atoms with Crippen LogP contribution in [0.1, 0.15) is 23.7 Å². The number of hydrogen-bond donors (Lipinski definition) is 2. The molecule has 0 spiro atoms. The van der Waals surface area contributed by atoms with Gasteiger partial charge in [0.1, 0.15) is 5.56 Å². The standard InChI is InChI=1S/C12H17N3O2/c1-8-3-5-15(7-10(8)13)12(17)9-6-14-4-2-11(9)16/h2,4,6,8,10H,3,5,7,13H2,1H3,(H,14,16). The van der Waals surface area contributed by atoms with Crippen LogP contribution in [0.5, 0.6) is 0 Å². The van der Waals surface area contributed by atoms with Crippen molar-refractivity contribution in [3.05, 3.63) is 34.2 Å². The number of aromatic amines is 1. The molecule has 5 heteroatoms. The van der Waals surface area contributed by atoms with Crippen molar-refractivity contribution in [1.29, 1.82) is 0 Å². The van der Waals surface area contributed by atoms with Gasteiger partial charge in [-0.15, -0.1) is 0 Å². The summed E-state index contributed by atoms with van der Waals surface area (Å²) in [6.45, 7) is 3.28. The van der Waals surface area contributed by atoms with Gasteiger partial charge >= 0.3 is 0 Å². The number of carbonyl (C=O) groups excluding carboxylic acids is 1. The van der Waals surface area contributed by atoms with E-state index >= 15 is 0 Å². The minimum absolute atomic E-state index is 0.00417. The Morgan fingerprint density at radius 3 is 3.00 bits per heavy atom. The van der Waals surface area contributed by atoms with Crippen molar-refractivity contribution in [2.75, 3.05) is 13.1 Å². The van der Waals surface area contributed by atoms with Gasteiger partial charge in [0.15, 0.2) is 5.43 Å². The summed E-state index contributed by atoms with van der Waals surface area (Å²) >= 11 is 0. The molecule has 0 aliphatic carbocycles. The first-order valence-electron chi connectivity index (χ1n) is 5.81. The Morgan fingerprint density at radius 2 is 2.35 bits per heavy atom. The first-order valence-corrected chi connectivity index (χ1v) is 5.81. The molecule has 0 saturated carbocycles. The second-order valence-electron chi connectivity index (χ2n) is 4.60. The van der Waals surface area contributed by atoms with E-state index in [0.29, 0.717) is 19.0 Å². The molecule has 1 aliphatic heterocycles. The Morgan fingerprint density at radius 1 is 1.59 bits per heavy atom. The Bertz CT molecular complexity index is 469. The first-order chi connectivity index (χ1) is 8.09. The minimum atomic E-state index is -0.249. The zero-order chi connectivity index (χ0) is 12.4. The molecule has 0 radical (unpaired) electrons. The van der Waals surface area contributed by atoms with Crippen molar-refractivity contribution in [3.63, 3.8) is 0 Å². The number of hydrogen-bond acceptors (Lipinski definition) is 3. The van der Waals surface area contributed by atoms with Crippen LogP contribution in [0.25, 0.3) is 0 Å². The van der Waals surface area contributed by atoms with Crippen LogP contribution < -0.4 is 11.2 Å². The molecule has 17 heavy (non-hydrogen) atoms. The number of piperidine rings is 1. The number of pyridine rings is 1. The molecular weight excluding hydrogens is 218 g/mol. The highest BCUT2D eigenvalue weighted by Crippen LogP contribution is 2.16. The molecule has 3 N–H and O–H groups in total. The van der Waals surface area contributed by atoms with Crippen LogP contribution in [0.2, 0.25) is 0 Å². The van der Waals surface area contributed by atoms with E-state index in [-0.39, 0.29) is 22.9 Å². The second kappa shape index (κ2) is 4.71. The number of amides is 1. The maximum atomic E-state index is 12.1. The molecule has 92 valence electrons. The molecule has 1 saturated heterocycles. The van der Waals surface area contributed by atoms with E-state index in [0.717, 1.165) is 6.42 Å². The molecule has 1 fully saturated rings. The fourth-order valence-electron chi connectivity index (χ4n) is 2.04. The zero-order valence-electron chi connectivity index (χ0n) is 9.85. The highest BCUT2D eigenvalue weighted by molar-refractivity contribution is 5.93. The predicted molar refractivity (Wildman–Crippen MR) is 64.7 cm³/mol. The zero-order valence-corrected chi connectivity index (χ0v) is 9.85. The number of likely N-dealkylation sites (tertiary alicyclic amines) is 1. The molecule has 1 amide bonds. The molecule has 2 unspecified atom stereocenters. The van der Waals surface area contributed by atoms with Crippen LogP contribution in [0.3, 0.4) is 0 Å². The number of H-pyrrole nitrogens is 1. The lowest BCUT2D eigenvalue weighted by atomic mass is 9.94. The lowest BCUT2D eigenvalue weighted by Gasteiger charge is -2.34. The van der Waals surface area contributed by atoms with Gasteiger partial charge < -0.3 is 15.6 Å². The normalized spacial score (nSPS) is 24.7. The quantitative estimate of drug-likeness (QED) is 0.729. The van der Waals surface area contributed by atoms with E-state index in [9.17, 15) is 9.59 Å². The summed E-state index contributed by atoms with van der Waals surface area (Å²) in [7, 11) is 0. The summed E-state index contributed by atoms with van der Waals surface area (Å²) in [4.78, 5) is 28.1. The van der Waals surface area contributed by atoms with Crippen LogP contribution in [-0.2, 0) is 0 Å². The van der Waals surface area contributed by atoms with Gasteiger partial charge in [-0.2, -0.15) is 0 Å². The van der Waals surface area contributed by atoms with Gasteiger partial charge in [0.05, 0.1) is 0 Å².